The molecule has 1 aromatic rings. The molecule has 16 heavy (non-hydrogen) atoms. The predicted molar refractivity (Wildman–Crippen MR) is 56.6 cm³/mol. The first-order chi connectivity index (χ1) is 7.72. The number of fused-ring (bicyclic) bond motifs is 1. The number of ether oxygens (including phenoxy) is 1. The Balaban J connectivity index is 2.47. The molecule has 1 aromatic carbocycles. The van der Waals surface area contributed by atoms with E-state index in [9.17, 15) is 14.9 Å². The highest BCUT2D eigenvalue weighted by molar-refractivity contribution is 5.80. The van der Waals surface area contributed by atoms with Gasteiger partial charge in [-0.3, -0.25) is 14.9 Å². The van der Waals surface area contributed by atoms with Crippen molar-refractivity contribution in [2.75, 3.05) is 18.1 Å². The Morgan fingerprint density at radius 1 is 1.50 bits per heavy atom. The number of hydrogen-bond acceptors (Lipinski definition) is 4. The second-order valence-corrected chi connectivity index (χ2v) is 3.41. The van der Waals surface area contributed by atoms with E-state index in [-0.39, 0.29) is 5.69 Å². The first-order valence-corrected chi connectivity index (χ1v) is 4.85. The van der Waals surface area contributed by atoms with E-state index in [0.29, 0.717) is 37.4 Å². The molecule has 2 rings (SSSR count). The number of rotatable bonds is 2. The Hall–Kier alpha value is -2.11. The molecule has 1 amide bonds. The van der Waals surface area contributed by atoms with Gasteiger partial charge in [0.15, 0.2) is 0 Å². The molecule has 1 heterocycles. The fourth-order valence-corrected chi connectivity index (χ4v) is 1.61. The van der Waals surface area contributed by atoms with Gasteiger partial charge in [-0.2, -0.15) is 0 Å². The number of hydrogen-bond donors (Lipinski definition) is 0. The average Bonchev–Trinajstić information content (AvgIpc) is 2.49. The zero-order valence-electron chi connectivity index (χ0n) is 8.46. The molecule has 0 spiro atoms. The Morgan fingerprint density at radius 2 is 2.31 bits per heavy atom. The van der Waals surface area contributed by atoms with Crippen molar-refractivity contribution >= 4 is 17.8 Å². The molecule has 0 saturated heterocycles. The Morgan fingerprint density at radius 3 is 3.00 bits per heavy atom. The summed E-state index contributed by atoms with van der Waals surface area (Å²) in [5.41, 5.74) is 0.415. The number of non-ortho nitro benzene ring substituents is 1. The third kappa shape index (κ3) is 1.81. The van der Waals surface area contributed by atoms with Crippen molar-refractivity contribution in [2.24, 2.45) is 0 Å². The van der Waals surface area contributed by atoms with Crippen LogP contribution in [0.2, 0.25) is 0 Å². The molecular weight excluding hydrogens is 212 g/mol. The zero-order valence-corrected chi connectivity index (χ0v) is 8.46. The molecule has 0 aliphatic carbocycles. The summed E-state index contributed by atoms with van der Waals surface area (Å²) in [5.74, 6) is 0.509. The normalized spacial score (nSPS) is 14.6. The molecule has 0 N–H and O–H groups in total. The number of carbonyl (C=O) groups excluding carboxylic acids is 1. The lowest BCUT2D eigenvalue weighted by Crippen LogP contribution is -2.21. The van der Waals surface area contributed by atoms with Gasteiger partial charge in [0.2, 0.25) is 6.41 Å². The molecule has 84 valence electrons. The lowest BCUT2D eigenvalue weighted by atomic mass is 10.2. The molecule has 6 nitrogen and oxygen atoms in total. The van der Waals surface area contributed by atoms with Crippen LogP contribution in [0.4, 0.5) is 11.4 Å². The number of amides is 1. The van der Waals surface area contributed by atoms with E-state index >= 15 is 0 Å². The SMILES string of the molecule is O=CN1CCCOc2ccc([N+](=O)[O-])cc21. The van der Waals surface area contributed by atoms with E-state index in [4.69, 9.17) is 4.74 Å². The van der Waals surface area contributed by atoms with Gasteiger partial charge in [0.1, 0.15) is 5.75 Å². The lowest BCUT2D eigenvalue weighted by molar-refractivity contribution is -0.384. The number of benzene rings is 1. The van der Waals surface area contributed by atoms with Crippen molar-refractivity contribution < 1.29 is 14.5 Å². The summed E-state index contributed by atoms with van der Waals surface area (Å²) in [6, 6.07) is 4.25. The fraction of sp³-hybridized carbons (Fsp3) is 0.300. The van der Waals surface area contributed by atoms with Crippen LogP contribution in [0.3, 0.4) is 0 Å². The lowest BCUT2D eigenvalue weighted by Gasteiger charge is -2.15. The monoisotopic (exact) mass is 222 g/mol. The van der Waals surface area contributed by atoms with Crippen LogP contribution in [0.1, 0.15) is 6.42 Å². The van der Waals surface area contributed by atoms with Crippen LogP contribution in [0.5, 0.6) is 5.75 Å². The molecule has 0 fully saturated rings. The third-order valence-corrected chi connectivity index (χ3v) is 2.39. The van der Waals surface area contributed by atoms with Gasteiger partial charge in [-0.1, -0.05) is 0 Å². The summed E-state index contributed by atoms with van der Waals surface area (Å²) in [6.45, 7) is 1.02. The quantitative estimate of drug-likeness (QED) is 0.430. The molecule has 0 saturated carbocycles. The fourth-order valence-electron chi connectivity index (χ4n) is 1.61. The molecule has 0 unspecified atom stereocenters. The first kappa shape index (κ1) is 10.4. The van der Waals surface area contributed by atoms with Crippen molar-refractivity contribution in [1.29, 1.82) is 0 Å². The molecule has 0 bridgehead atoms. The van der Waals surface area contributed by atoms with Crippen molar-refractivity contribution in [3.63, 3.8) is 0 Å². The molecule has 0 aromatic heterocycles. The molecular formula is C10H10N2O4. The van der Waals surface area contributed by atoms with E-state index < -0.39 is 4.92 Å². The minimum Gasteiger partial charge on any atom is -0.491 e. The van der Waals surface area contributed by atoms with Gasteiger partial charge in [0.25, 0.3) is 5.69 Å². The number of nitrogens with zero attached hydrogens (tertiary/aromatic N) is 2. The van der Waals surface area contributed by atoms with Crippen molar-refractivity contribution in [3.8, 4) is 5.75 Å². The second kappa shape index (κ2) is 4.18. The highest BCUT2D eigenvalue weighted by Gasteiger charge is 2.19. The zero-order chi connectivity index (χ0) is 11.5. The Bertz CT molecular complexity index is 433. The van der Waals surface area contributed by atoms with Crippen LogP contribution >= 0.6 is 0 Å². The van der Waals surface area contributed by atoms with E-state index in [1.165, 1.54) is 23.1 Å². The van der Waals surface area contributed by atoms with Crippen molar-refractivity contribution in [3.05, 3.63) is 28.3 Å². The second-order valence-electron chi connectivity index (χ2n) is 3.41. The maximum absolute atomic E-state index is 10.9. The van der Waals surface area contributed by atoms with Crippen LogP contribution in [-0.2, 0) is 4.79 Å². The molecule has 1 aliphatic heterocycles. The maximum Gasteiger partial charge on any atom is 0.271 e. The highest BCUT2D eigenvalue weighted by atomic mass is 16.6. The first-order valence-electron chi connectivity index (χ1n) is 4.85. The van der Waals surface area contributed by atoms with E-state index in [0.717, 1.165) is 0 Å². The number of nitro groups is 1. The van der Waals surface area contributed by atoms with Gasteiger partial charge in [0.05, 0.1) is 17.2 Å². The summed E-state index contributed by atoms with van der Waals surface area (Å²) in [6.07, 6.45) is 1.37. The van der Waals surface area contributed by atoms with E-state index in [1.54, 1.807) is 0 Å². The maximum atomic E-state index is 10.9. The Labute approximate surface area is 91.6 Å². The smallest absolute Gasteiger partial charge is 0.271 e. The molecule has 0 radical (unpaired) electrons. The molecule has 1 aliphatic rings. The summed E-state index contributed by atoms with van der Waals surface area (Å²) in [7, 11) is 0. The van der Waals surface area contributed by atoms with Crippen LogP contribution in [-0.4, -0.2) is 24.5 Å². The third-order valence-electron chi connectivity index (χ3n) is 2.39. The summed E-state index contributed by atoms with van der Waals surface area (Å²) >= 11 is 0. The van der Waals surface area contributed by atoms with Gasteiger partial charge < -0.3 is 9.64 Å². The summed E-state index contributed by atoms with van der Waals surface area (Å²) < 4.78 is 5.39. The number of nitro benzene ring substituents is 1. The topological polar surface area (TPSA) is 72.7 Å². The average molecular weight is 222 g/mol. The van der Waals surface area contributed by atoms with Crippen molar-refractivity contribution in [1.82, 2.24) is 0 Å². The minimum atomic E-state index is -0.492. The number of carbonyl (C=O) groups is 1. The van der Waals surface area contributed by atoms with Crippen LogP contribution in [0.15, 0.2) is 18.2 Å². The van der Waals surface area contributed by atoms with Gasteiger partial charge in [0, 0.05) is 18.7 Å². The van der Waals surface area contributed by atoms with Crippen LogP contribution in [0, 0.1) is 10.1 Å². The van der Waals surface area contributed by atoms with E-state index in [1.807, 2.05) is 0 Å². The van der Waals surface area contributed by atoms with Gasteiger partial charge in [-0.25, -0.2) is 0 Å². The summed E-state index contributed by atoms with van der Waals surface area (Å²) in [4.78, 5) is 22.4. The standard InChI is InChI=1S/C10H10N2O4/c13-7-11-4-1-5-16-10-3-2-8(12(14)15)6-9(10)11/h2-3,6-7H,1,4-5H2. The van der Waals surface area contributed by atoms with E-state index in [2.05, 4.69) is 0 Å². The highest BCUT2D eigenvalue weighted by Crippen LogP contribution is 2.33. The van der Waals surface area contributed by atoms with Crippen LogP contribution in [0.25, 0.3) is 0 Å². The molecule has 6 heteroatoms. The minimum absolute atomic E-state index is 0.0453. The van der Waals surface area contributed by atoms with Crippen LogP contribution < -0.4 is 9.64 Å². The molecule has 0 atom stereocenters. The number of anilines is 1. The van der Waals surface area contributed by atoms with Gasteiger partial charge in [-0.15, -0.1) is 0 Å². The summed E-state index contributed by atoms with van der Waals surface area (Å²) in [5, 5.41) is 10.6. The Kier molecular flexibility index (Phi) is 2.72. The van der Waals surface area contributed by atoms with Gasteiger partial charge >= 0.3 is 0 Å². The predicted octanol–water partition coefficient (Wildman–Crippen LogP) is 1.34. The van der Waals surface area contributed by atoms with Crippen molar-refractivity contribution in [2.45, 2.75) is 6.42 Å². The van der Waals surface area contributed by atoms with Gasteiger partial charge in [-0.05, 0) is 12.5 Å². The largest absolute Gasteiger partial charge is 0.491 e.